The van der Waals surface area contributed by atoms with Gasteiger partial charge in [0.05, 0.1) is 34.8 Å². The summed E-state index contributed by atoms with van der Waals surface area (Å²) in [6.07, 6.45) is 3.42. The number of methoxy groups -OCH3 is 1. The summed E-state index contributed by atoms with van der Waals surface area (Å²) in [5.41, 5.74) is 9.49. The van der Waals surface area contributed by atoms with E-state index in [1.165, 1.54) is 16.3 Å². The van der Waals surface area contributed by atoms with Crippen molar-refractivity contribution in [3.05, 3.63) is 58.2 Å². The fourth-order valence-electron chi connectivity index (χ4n) is 8.07. The maximum Gasteiger partial charge on any atom is 0.324 e. The highest BCUT2D eigenvalue weighted by Gasteiger charge is 2.59. The monoisotopic (exact) mass is 738 g/mol. The number of ether oxygens (including phenoxy) is 2. The number of aliphatic imine (C=N–C) groups is 1. The van der Waals surface area contributed by atoms with Gasteiger partial charge in [0.25, 0.3) is 5.91 Å². The molecule has 5 heterocycles. The average Bonchev–Trinajstić information content (AvgIpc) is 3.44. The van der Waals surface area contributed by atoms with Crippen LogP contribution in [-0.2, 0) is 43.2 Å². The molecule has 0 radical (unpaired) electrons. The molecule has 1 N–H and O–H groups in total. The number of amides is 2. The molecular formula is C41H50N6O5S. The van der Waals surface area contributed by atoms with E-state index >= 15 is 0 Å². The Hall–Kier alpha value is -4.26. The van der Waals surface area contributed by atoms with Crippen LogP contribution < -0.4 is 5.43 Å². The Labute approximate surface area is 315 Å². The molecular weight excluding hydrogens is 689 g/mol. The van der Waals surface area contributed by atoms with Crippen LogP contribution in [0.4, 0.5) is 0 Å². The molecule has 3 aliphatic rings. The number of hydrogen-bond acceptors (Lipinski definition) is 9. The molecule has 11 nitrogen and oxygen atoms in total. The summed E-state index contributed by atoms with van der Waals surface area (Å²) in [7, 11) is 1.70. The van der Waals surface area contributed by atoms with Gasteiger partial charge < -0.3 is 14.0 Å². The highest BCUT2D eigenvalue weighted by molar-refractivity contribution is 7.10. The zero-order chi connectivity index (χ0) is 37.8. The first-order valence-electron chi connectivity index (χ1n) is 18.7. The van der Waals surface area contributed by atoms with Crippen molar-refractivity contribution in [3.8, 4) is 22.5 Å². The fraction of sp³-hybridized carbons (Fsp3) is 0.512. The number of carbonyl (C=O) groups is 3. The number of thiazole rings is 1. The third kappa shape index (κ3) is 6.97. The number of fused-ring (bicyclic) bond motifs is 6. The molecule has 2 aliphatic heterocycles. The molecule has 6 bridgehead atoms. The third-order valence-corrected chi connectivity index (χ3v) is 12.4. The highest BCUT2D eigenvalue weighted by atomic mass is 32.1. The third-order valence-electron chi connectivity index (χ3n) is 11.6. The number of esters is 1. The lowest BCUT2D eigenvalue weighted by molar-refractivity contribution is -0.153. The number of nitrogens with zero attached hydrogens (tertiary/aromatic N) is 5. The van der Waals surface area contributed by atoms with Crippen LogP contribution in [0.2, 0.25) is 0 Å². The number of rotatable bonds is 5. The van der Waals surface area contributed by atoms with E-state index in [1.54, 1.807) is 13.3 Å². The number of pyridine rings is 1. The van der Waals surface area contributed by atoms with Crippen LogP contribution in [0.1, 0.15) is 83.7 Å². The maximum atomic E-state index is 14.1. The van der Waals surface area contributed by atoms with Gasteiger partial charge in [0.2, 0.25) is 5.91 Å². The molecule has 12 heteroatoms. The fourth-order valence-corrected chi connectivity index (χ4v) is 8.87. The maximum absolute atomic E-state index is 14.1. The van der Waals surface area contributed by atoms with E-state index in [4.69, 9.17) is 19.4 Å². The molecule has 2 amide bonds. The Kier molecular flexibility index (Phi) is 9.92. The van der Waals surface area contributed by atoms with Crippen LogP contribution in [0.15, 0.2) is 46.9 Å². The number of aryl methyl sites for hydroxylation is 1. The molecule has 1 saturated heterocycles. The Morgan fingerprint density at radius 3 is 2.70 bits per heavy atom. The second kappa shape index (κ2) is 14.2. The zero-order valence-corrected chi connectivity index (χ0v) is 32.8. The first-order valence-corrected chi connectivity index (χ1v) is 19.6. The predicted octanol–water partition coefficient (Wildman–Crippen LogP) is 6.98. The van der Waals surface area contributed by atoms with Gasteiger partial charge in [0.1, 0.15) is 11.8 Å². The van der Waals surface area contributed by atoms with Gasteiger partial charge >= 0.3 is 5.97 Å². The molecule has 1 saturated carbocycles. The van der Waals surface area contributed by atoms with E-state index in [9.17, 15) is 14.4 Å². The molecule has 2 fully saturated rings. The molecule has 53 heavy (non-hydrogen) atoms. The molecule has 4 atom stereocenters. The summed E-state index contributed by atoms with van der Waals surface area (Å²) in [4.78, 5) is 55.5. The molecule has 0 spiro atoms. The zero-order valence-electron chi connectivity index (χ0n) is 32.0. The van der Waals surface area contributed by atoms with Crippen molar-refractivity contribution in [2.45, 2.75) is 92.8 Å². The normalized spacial score (nSPS) is 24.2. The van der Waals surface area contributed by atoms with Crippen LogP contribution >= 0.6 is 11.3 Å². The minimum Gasteiger partial charge on any atom is -0.464 e. The van der Waals surface area contributed by atoms with Gasteiger partial charge in [-0.1, -0.05) is 40.7 Å². The summed E-state index contributed by atoms with van der Waals surface area (Å²) in [6, 6.07) is 9.80. The van der Waals surface area contributed by atoms with Crippen LogP contribution in [-0.4, -0.2) is 69.3 Å². The summed E-state index contributed by atoms with van der Waals surface area (Å²) < 4.78 is 14.2. The predicted molar refractivity (Wildman–Crippen MR) is 206 cm³/mol. The van der Waals surface area contributed by atoms with E-state index in [-0.39, 0.29) is 48.0 Å². The Bertz CT molecular complexity index is 2110. The second-order valence-corrected chi connectivity index (χ2v) is 17.1. The Balaban J connectivity index is 1.37. The van der Waals surface area contributed by atoms with Crippen molar-refractivity contribution >= 4 is 45.7 Å². The number of carbonyl (C=O) groups excluding carboxylic acids is 3. The van der Waals surface area contributed by atoms with Gasteiger partial charge in [0, 0.05) is 71.6 Å². The van der Waals surface area contributed by atoms with Crippen LogP contribution in [0.5, 0.6) is 0 Å². The van der Waals surface area contributed by atoms with E-state index in [1.807, 2.05) is 25.3 Å². The average molecular weight is 739 g/mol. The molecule has 0 unspecified atom stereocenters. The number of aromatic nitrogens is 3. The van der Waals surface area contributed by atoms with Gasteiger partial charge in [-0.25, -0.2) is 15.4 Å². The largest absolute Gasteiger partial charge is 0.464 e. The van der Waals surface area contributed by atoms with Crippen LogP contribution in [0.3, 0.4) is 0 Å². The first kappa shape index (κ1) is 37.1. The number of nitrogens with one attached hydrogen (secondary N) is 1. The van der Waals surface area contributed by atoms with Crippen molar-refractivity contribution in [1.82, 2.24) is 25.0 Å². The molecule has 1 aromatic carbocycles. The lowest BCUT2D eigenvalue weighted by Crippen LogP contribution is -2.57. The molecule has 3 aromatic heterocycles. The smallest absolute Gasteiger partial charge is 0.324 e. The van der Waals surface area contributed by atoms with Crippen molar-refractivity contribution in [1.29, 1.82) is 0 Å². The lowest BCUT2D eigenvalue weighted by atomic mass is 9.84. The molecule has 7 rings (SSSR count). The van der Waals surface area contributed by atoms with E-state index < -0.39 is 23.3 Å². The van der Waals surface area contributed by atoms with Crippen molar-refractivity contribution in [2.75, 3.05) is 20.3 Å². The number of hydrazine groups is 1. The van der Waals surface area contributed by atoms with E-state index in [0.717, 1.165) is 51.2 Å². The number of hydrogen-bond donors (Lipinski definition) is 1. The minimum absolute atomic E-state index is 0.101. The standard InChI is InChI=1S/C41H50N6O5S/c1-9-46-32-15-14-25-18-27(32)28(36(46)26-12-10-16-42-35(26)24(3)51-8)20-40(4,5)22-52-39(50)29-13-11-17-47(45-29)38(49)30(19-33-43-31(25)21-53-33)44-37(48)34-23(2)41(34,6)7/h10,12,14-16,18,21,23-24,29,34,45H,9,11,13,17,19-20,22H2,1-8H3/t23-,24+,29+,34+/m1/s1. The minimum atomic E-state index is -0.707. The van der Waals surface area contributed by atoms with Crippen molar-refractivity contribution in [3.63, 3.8) is 0 Å². The van der Waals surface area contributed by atoms with E-state index in [0.29, 0.717) is 30.8 Å². The van der Waals surface area contributed by atoms with Gasteiger partial charge in [-0.3, -0.25) is 24.4 Å². The van der Waals surface area contributed by atoms with Crippen LogP contribution in [0, 0.1) is 22.7 Å². The summed E-state index contributed by atoms with van der Waals surface area (Å²) in [6.45, 7) is 15.8. The van der Waals surface area contributed by atoms with Crippen LogP contribution in [0.25, 0.3) is 33.4 Å². The topological polar surface area (TPSA) is 128 Å². The number of benzene rings is 1. The van der Waals surface area contributed by atoms with Crippen molar-refractivity contribution in [2.24, 2.45) is 27.7 Å². The molecule has 4 aromatic rings. The Morgan fingerprint density at radius 2 is 1.98 bits per heavy atom. The van der Waals surface area contributed by atoms with Crippen molar-refractivity contribution < 1.29 is 23.9 Å². The Morgan fingerprint density at radius 1 is 1.21 bits per heavy atom. The summed E-state index contributed by atoms with van der Waals surface area (Å²) >= 11 is 1.44. The van der Waals surface area contributed by atoms with E-state index in [2.05, 4.69) is 73.9 Å². The highest BCUT2D eigenvalue weighted by Crippen LogP contribution is 2.58. The van der Waals surface area contributed by atoms with Gasteiger partial charge in [-0.2, -0.15) is 0 Å². The summed E-state index contributed by atoms with van der Waals surface area (Å²) in [5.74, 6) is -1.19. The lowest BCUT2D eigenvalue weighted by Gasteiger charge is -2.33. The van der Waals surface area contributed by atoms with Gasteiger partial charge in [-0.15, -0.1) is 11.3 Å². The molecule has 280 valence electrons. The SMILES string of the molecule is CCn1c(-c2cccnc2[C@H](C)OC)c2c3cc(ccc31)-c1csc(n1)CC(=NC(=O)[C@@H]1[C@@H](C)C1(C)C)C(=O)N1CCC[C@H](N1)C(=O)OCC(C)(C)C2. The van der Waals surface area contributed by atoms with Gasteiger partial charge in [0.15, 0.2) is 0 Å². The molecule has 1 aliphatic carbocycles. The number of cyclic esters (lactones) is 1. The second-order valence-electron chi connectivity index (χ2n) is 16.1. The summed E-state index contributed by atoms with van der Waals surface area (Å²) in [5, 5.41) is 5.20. The first-order chi connectivity index (χ1) is 25.2. The van der Waals surface area contributed by atoms with Gasteiger partial charge in [-0.05, 0) is 74.3 Å². The quantitative estimate of drug-likeness (QED) is 0.218.